The summed E-state index contributed by atoms with van der Waals surface area (Å²) in [6.07, 6.45) is 79.1. The van der Waals surface area contributed by atoms with Crippen molar-refractivity contribution in [1.29, 1.82) is 0 Å². The van der Waals surface area contributed by atoms with E-state index in [1.807, 2.05) is 6.08 Å². The minimum Gasteiger partial charge on any atom is -0.466 e. The van der Waals surface area contributed by atoms with Gasteiger partial charge in [-0.15, -0.1) is 0 Å². The Bertz CT molecular complexity index is 1590. The van der Waals surface area contributed by atoms with E-state index >= 15 is 0 Å². The van der Waals surface area contributed by atoms with Crippen molar-refractivity contribution in [2.75, 3.05) is 19.8 Å². The summed E-state index contributed by atoms with van der Waals surface area (Å²) in [6.45, 7) is 4.36. The molecule has 6 N–H and O–H groups in total. The first-order valence-corrected chi connectivity index (χ1v) is 39.3. The molecule has 1 aliphatic heterocycles. The van der Waals surface area contributed by atoms with E-state index in [-0.39, 0.29) is 18.5 Å². The molecule has 1 heterocycles. The first kappa shape index (κ1) is 85.9. The van der Waals surface area contributed by atoms with E-state index in [9.17, 15) is 35.1 Å². The Balaban J connectivity index is 1.86. The molecule has 7 unspecified atom stereocenters. The monoisotopic (exact) mass is 1270 g/mol. The number of aliphatic hydroxyl groups excluding tert-OH is 5. The molecule has 1 rings (SSSR count). The first-order chi connectivity index (χ1) is 44.2. The average Bonchev–Trinajstić information content (AvgIpc) is 1.62. The van der Waals surface area contributed by atoms with Crippen LogP contribution in [-0.2, 0) is 23.8 Å². The first-order valence-electron chi connectivity index (χ1n) is 39.3. The van der Waals surface area contributed by atoms with Gasteiger partial charge in [-0.25, -0.2) is 0 Å². The molecule has 1 aliphatic rings. The Kier molecular flexibility index (Phi) is 65.2. The predicted molar refractivity (Wildman–Crippen MR) is 380 cm³/mol. The maximum atomic E-state index is 13.0. The van der Waals surface area contributed by atoms with Crippen molar-refractivity contribution in [3.63, 3.8) is 0 Å². The molecule has 11 heteroatoms. The zero-order valence-electron chi connectivity index (χ0n) is 59.1. The molecule has 1 fully saturated rings. The molecule has 1 amide bonds. The predicted octanol–water partition coefficient (Wildman–Crippen LogP) is 20.9. The van der Waals surface area contributed by atoms with Crippen LogP contribution in [0.4, 0.5) is 0 Å². The van der Waals surface area contributed by atoms with Crippen molar-refractivity contribution in [3.05, 3.63) is 36.5 Å². The van der Waals surface area contributed by atoms with E-state index in [2.05, 4.69) is 43.5 Å². The summed E-state index contributed by atoms with van der Waals surface area (Å²) in [6, 6.07) is -0.806. The van der Waals surface area contributed by atoms with Crippen LogP contribution in [0.5, 0.6) is 0 Å². The summed E-state index contributed by atoms with van der Waals surface area (Å²) in [5, 5.41) is 54.3. The number of amides is 1. The van der Waals surface area contributed by atoms with Crippen LogP contribution in [-0.4, -0.2) is 100 Å². The molecular formula is C79H149NO10. The van der Waals surface area contributed by atoms with Gasteiger partial charge in [0.05, 0.1) is 32.0 Å². The van der Waals surface area contributed by atoms with Crippen LogP contribution >= 0.6 is 0 Å². The number of hydrogen-bond acceptors (Lipinski definition) is 10. The van der Waals surface area contributed by atoms with Gasteiger partial charge in [0.15, 0.2) is 6.29 Å². The Morgan fingerprint density at radius 3 is 1.07 bits per heavy atom. The molecule has 530 valence electrons. The normalized spacial score (nSPS) is 17.8. The maximum Gasteiger partial charge on any atom is 0.305 e. The highest BCUT2D eigenvalue weighted by atomic mass is 16.7. The number of allylic oxidation sites excluding steroid dienone is 5. The fraction of sp³-hybridized carbons (Fsp3) is 0.899. The van der Waals surface area contributed by atoms with Gasteiger partial charge in [0, 0.05) is 12.8 Å². The van der Waals surface area contributed by atoms with Gasteiger partial charge >= 0.3 is 5.97 Å². The summed E-state index contributed by atoms with van der Waals surface area (Å²) >= 11 is 0. The van der Waals surface area contributed by atoms with E-state index in [4.69, 9.17) is 14.2 Å². The number of nitrogens with one attached hydrogen (secondary N) is 1. The van der Waals surface area contributed by atoms with Gasteiger partial charge in [-0.2, -0.15) is 0 Å². The number of carbonyl (C=O) groups is 2. The highest BCUT2D eigenvalue weighted by molar-refractivity contribution is 5.76. The second-order valence-corrected chi connectivity index (χ2v) is 27.4. The lowest BCUT2D eigenvalue weighted by atomic mass is 9.99. The summed E-state index contributed by atoms with van der Waals surface area (Å²) in [5.41, 5.74) is 0. The Morgan fingerprint density at radius 2 is 0.711 bits per heavy atom. The molecule has 0 spiro atoms. The van der Waals surface area contributed by atoms with Gasteiger partial charge in [-0.05, 0) is 83.5 Å². The van der Waals surface area contributed by atoms with Gasteiger partial charge < -0.3 is 45.1 Å². The van der Waals surface area contributed by atoms with E-state index in [1.165, 1.54) is 308 Å². The summed E-state index contributed by atoms with van der Waals surface area (Å²) in [4.78, 5) is 25.1. The minimum absolute atomic E-state index is 0.0112. The minimum atomic E-state index is -1.57. The second kappa shape index (κ2) is 68.3. The molecule has 0 aliphatic carbocycles. The third-order valence-corrected chi connectivity index (χ3v) is 18.7. The SMILES string of the molecule is CCCCCCCCC/C=C\CCCCCCCCCC(=O)OCCCCCCCCCCCCCCCC/C=C\CCCCCCCCCCCCCCCCCCCC(=O)NC(COC1OC(CO)C(O)C(O)C1O)C(O)/C=C/CCCCCCCCC. The molecule has 1 saturated heterocycles. The number of aliphatic hydroxyl groups is 5. The molecule has 11 nitrogen and oxygen atoms in total. The molecule has 0 aromatic carbocycles. The zero-order valence-corrected chi connectivity index (χ0v) is 59.1. The summed E-state index contributed by atoms with van der Waals surface area (Å²) in [7, 11) is 0. The fourth-order valence-corrected chi connectivity index (χ4v) is 12.5. The van der Waals surface area contributed by atoms with Crippen molar-refractivity contribution in [3.8, 4) is 0 Å². The van der Waals surface area contributed by atoms with Gasteiger partial charge in [-0.3, -0.25) is 9.59 Å². The highest BCUT2D eigenvalue weighted by Gasteiger charge is 2.44. The molecular weight excluding hydrogens is 1120 g/mol. The smallest absolute Gasteiger partial charge is 0.305 e. The molecule has 7 atom stereocenters. The molecule has 0 radical (unpaired) electrons. The van der Waals surface area contributed by atoms with Crippen molar-refractivity contribution in [2.45, 2.75) is 436 Å². The van der Waals surface area contributed by atoms with Crippen LogP contribution in [0.15, 0.2) is 36.5 Å². The number of hydrogen-bond donors (Lipinski definition) is 6. The lowest BCUT2D eigenvalue weighted by Crippen LogP contribution is -2.60. The van der Waals surface area contributed by atoms with Crippen LogP contribution < -0.4 is 5.32 Å². The lowest BCUT2D eigenvalue weighted by Gasteiger charge is -2.40. The number of esters is 1. The van der Waals surface area contributed by atoms with Crippen molar-refractivity contribution < 1.29 is 49.3 Å². The molecule has 0 saturated carbocycles. The zero-order chi connectivity index (χ0) is 65.1. The average molecular weight is 1270 g/mol. The van der Waals surface area contributed by atoms with Gasteiger partial charge in [0.1, 0.15) is 24.4 Å². The Hall–Kier alpha value is -2.12. The third kappa shape index (κ3) is 56.2. The van der Waals surface area contributed by atoms with E-state index < -0.39 is 49.5 Å². The topological polar surface area (TPSA) is 175 Å². The lowest BCUT2D eigenvalue weighted by molar-refractivity contribution is -0.302. The van der Waals surface area contributed by atoms with E-state index in [1.54, 1.807) is 6.08 Å². The Labute approximate surface area is 555 Å². The van der Waals surface area contributed by atoms with Gasteiger partial charge in [0.25, 0.3) is 0 Å². The van der Waals surface area contributed by atoms with Crippen LogP contribution in [0.25, 0.3) is 0 Å². The van der Waals surface area contributed by atoms with Gasteiger partial charge in [-0.1, -0.05) is 333 Å². The maximum absolute atomic E-state index is 13.0. The molecule has 0 aromatic heterocycles. The van der Waals surface area contributed by atoms with Crippen LogP contribution in [0.1, 0.15) is 393 Å². The van der Waals surface area contributed by atoms with Crippen molar-refractivity contribution in [1.82, 2.24) is 5.32 Å². The van der Waals surface area contributed by atoms with Crippen LogP contribution in [0, 0.1) is 0 Å². The quantitative estimate of drug-likeness (QED) is 0.0195. The Morgan fingerprint density at radius 1 is 0.400 bits per heavy atom. The van der Waals surface area contributed by atoms with E-state index in [0.29, 0.717) is 19.4 Å². The van der Waals surface area contributed by atoms with Crippen molar-refractivity contribution in [2.24, 2.45) is 0 Å². The third-order valence-electron chi connectivity index (χ3n) is 18.7. The van der Waals surface area contributed by atoms with Crippen molar-refractivity contribution >= 4 is 11.9 Å². The van der Waals surface area contributed by atoms with Crippen LogP contribution in [0.2, 0.25) is 0 Å². The second-order valence-electron chi connectivity index (χ2n) is 27.4. The largest absolute Gasteiger partial charge is 0.466 e. The summed E-state index contributed by atoms with van der Waals surface area (Å²) < 4.78 is 16.7. The van der Waals surface area contributed by atoms with Crippen LogP contribution in [0.3, 0.4) is 0 Å². The fourth-order valence-electron chi connectivity index (χ4n) is 12.5. The summed E-state index contributed by atoms with van der Waals surface area (Å²) in [5.74, 6) is -0.167. The highest BCUT2D eigenvalue weighted by Crippen LogP contribution is 2.24. The molecule has 0 aromatic rings. The number of rotatable bonds is 70. The van der Waals surface area contributed by atoms with Gasteiger partial charge in [0.2, 0.25) is 5.91 Å². The molecule has 90 heavy (non-hydrogen) atoms. The number of unbranched alkanes of at least 4 members (excludes halogenated alkanes) is 52. The number of ether oxygens (including phenoxy) is 3. The standard InChI is InChI=1S/C79H149NO10/c1-3-5-7-9-11-13-14-15-16-17-38-41-44-47-51-55-59-63-67-75(84)88-68-64-60-56-52-48-45-42-39-36-34-32-30-28-26-24-22-20-18-19-21-23-25-27-29-31-33-35-37-40-43-46-50-54-58-62-66-74(83)80-71(72(82)65-61-57-53-49-12-10-8-6-4-2)70-89-79-78(87)77(86)76(85)73(69-81)90-79/h16-17,20,22,61,65,71-73,76-79,81-82,85-87H,3-15,18-19,21,23-60,62-64,66-70H2,1-2H3,(H,80,83)/b17-16-,22-20-,65-61+. The van der Waals surface area contributed by atoms with E-state index in [0.717, 1.165) is 57.8 Å². The number of carbonyl (C=O) groups excluding carboxylic acids is 2. The molecule has 0 bridgehead atoms.